The van der Waals surface area contributed by atoms with Gasteiger partial charge in [-0.25, -0.2) is 0 Å². The van der Waals surface area contributed by atoms with E-state index in [0.717, 1.165) is 32.8 Å². The molecule has 130 valence electrons. The first-order chi connectivity index (χ1) is 11.4. The third-order valence-corrected chi connectivity index (χ3v) is 5.64. The van der Waals surface area contributed by atoms with Gasteiger partial charge in [0.2, 0.25) is 11.0 Å². The number of amides is 1. The van der Waals surface area contributed by atoms with Crippen LogP contribution in [0.2, 0.25) is 0 Å². The average molecular weight is 365 g/mol. The first-order valence-electron chi connectivity index (χ1n) is 7.98. The molecule has 24 heavy (non-hydrogen) atoms. The third kappa shape index (κ3) is 5.21. The van der Waals surface area contributed by atoms with Crippen LogP contribution >= 0.6 is 23.1 Å². The summed E-state index contributed by atoms with van der Waals surface area (Å²) in [7, 11) is 0. The first kappa shape index (κ1) is 18.7. The molecule has 1 aromatic heterocycles. The molecule has 0 spiro atoms. The summed E-state index contributed by atoms with van der Waals surface area (Å²) in [5.41, 5.74) is 3.13. The van der Waals surface area contributed by atoms with Gasteiger partial charge in [0.15, 0.2) is 4.34 Å². The highest BCUT2D eigenvalue weighted by atomic mass is 32.2. The Kier molecular flexibility index (Phi) is 6.62. The van der Waals surface area contributed by atoms with E-state index in [9.17, 15) is 4.79 Å². The van der Waals surface area contributed by atoms with Crippen LogP contribution in [0.15, 0.2) is 22.5 Å². The Labute approximate surface area is 151 Å². The number of aromatic nitrogens is 2. The van der Waals surface area contributed by atoms with E-state index in [1.165, 1.54) is 23.1 Å². The molecule has 2 rings (SSSR count). The molecule has 0 bridgehead atoms. The fourth-order valence-corrected chi connectivity index (χ4v) is 3.85. The molecule has 1 amide bonds. The highest BCUT2D eigenvalue weighted by molar-refractivity contribution is 8.02. The van der Waals surface area contributed by atoms with Crippen LogP contribution in [-0.2, 0) is 4.79 Å². The maximum absolute atomic E-state index is 12.4. The number of benzene rings is 1. The van der Waals surface area contributed by atoms with Gasteiger partial charge in [0.05, 0.1) is 5.25 Å². The molecule has 2 N–H and O–H groups in total. The van der Waals surface area contributed by atoms with Gasteiger partial charge in [-0.15, -0.1) is 10.2 Å². The lowest BCUT2D eigenvalue weighted by Crippen LogP contribution is -2.22. The minimum absolute atomic E-state index is 0.0272. The van der Waals surface area contributed by atoms with Crippen molar-refractivity contribution in [2.45, 2.75) is 44.2 Å². The van der Waals surface area contributed by atoms with Gasteiger partial charge < -0.3 is 10.6 Å². The van der Waals surface area contributed by atoms with E-state index in [1.54, 1.807) is 0 Å². The monoisotopic (exact) mass is 364 g/mol. The van der Waals surface area contributed by atoms with Crippen molar-refractivity contribution < 1.29 is 4.79 Å². The maximum Gasteiger partial charge on any atom is 0.237 e. The van der Waals surface area contributed by atoms with Crippen molar-refractivity contribution >= 4 is 39.8 Å². The van der Waals surface area contributed by atoms with Crippen molar-refractivity contribution in [1.29, 1.82) is 0 Å². The van der Waals surface area contributed by atoms with Crippen molar-refractivity contribution in [2.24, 2.45) is 5.92 Å². The number of rotatable bonds is 7. The van der Waals surface area contributed by atoms with Crippen molar-refractivity contribution in [3.8, 4) is 0 Å². The predicted molar refractivity (Wildman–Crippen MR) is 103 cm³/mol. The second-order valence-electron chi connectivity index (χ2n) is 6.14. The number of carbonyl (C=O) groups is 1. The van der Waals surface area contributed by atoms with Crippen LogP contribution in [0.5, 0.6) is 0 Å². The summed E-state index contributed by atoms with van der Waals surface area (Å²) >= 11 is 2.91. The fraction of sp³-hybridized carbons (Fsp3) is 0.471. The van der Waals surface area contributed by atoms with E-state index in [0.29, 0.717) is 5.92 Å². The summed E-state index contributed by atoms with van der Waals surface area (Å²) in [5, 5.41) is 15.1. The molecule has 5 nitrogen and oxygen atoms in total. The number of hydrogen-bond acceptors (Lipinski definition) is 6. The molecule has 1 atom stereocenters. The van der Waals surface area contributed by atoms with E-state index in [2.05, 4.69) is 34.7 Å². The van der Waals surface area contributed by atoms with Crippen LogP contribution in [0.4, 0.5) is 10.8 Å². The van der Waals surface area contributed by atoms with Gasteiger partial charge in [-0.2, -0.15) is 0 Å². The lowest BCUT2D eigenvalue weighted by Gasteiger charge is -2.13. The van der Waals surface area contributed by atoms with Crippen molar-refractivity contribution in [3.63, 3.8) is 0 Å². The Bertz CT molecular complexity index is 700. The van der Waals surface area contributed by atoms with E-state index in [-0.39, 0.29) is 11.2 Å². The summed E-state index contributed by atoms with van der Waals surface area (Å²) in [5.74, 6) is 0.521. The molecule has 0 aliphatic rings. The summed E-state index contributed by atoms with van der Waals surface area (Å²) in [6.07, 6.45) is 0. The zero-order chi connectivity index (χ0) is 17.7. The minimum atomic E-state index is -0.240. The first-order valence-corrected chi connectivity index (χ1v) is 9.67. The van der Waals surface area contributed by atoms with Gasteiger partial charge in [0.1, 0.15) is 0 Å². The number of nitrogens with zero attached hydrogens (tertiary/aromatic N) is 2. The third-order valence-electron chi connectivity index (χ3n) is 3.58. The van der Waals surface area contributed by atoms with Crippen LogP contribution < -0.4 is 10.6 Å². The molecule has 1 aromatic carbocycles. The van der Waals surface area contributed by atoms with Gasteiger partial charge in [-0.05, 0) is 43.9 Å². The highest BCUT2D eigenvalue weighted by Gasteiger charge is 2.18. The molecular weight excluding hydrogens is 340 g/mol. The Hall–Kier alpha value is -1.60. The normalized spacial score (nSPS) is 12.2. The van der Waals surface area contributed by atoms with Crippen molar-refractivity contribution in [2.75, 3.05) is 17.2 Å². The maximum atomic E-state index is 12.4. The second kappa shape index (κ2) is 8.48. The smallest absolute Gasteiger partial charge is 0.237 e. The van der Waals surface area contributed by atoms with Gasteiger partial charge in [-0.3, -0.25) is 4.79 Å². The van der Waals surface area contributed by atoms with Crippen LogP contribution in [-0.4, -0.2) is 27.9 Å². The second-order valence-corrected chi connectivity index (χ2v) is 8.71. The molecule has 0 fully saturated rings. The van der Waals surface area contributed by atoms with E-state index in [1.807, 2.05) is 39.0 Å². The number of carbonyl (C=O) groups excluding carboxylic acids is 1. The molecular formula is C17H24N4OS2. The predicted octanol–water partition coefficient (Wildman–Crippen LogP) is 4.34. The zero-order valence-electron chi connectivity index (χ0n) is 14.7. The van der Waals surface area contributed by atoms with E-state index < -0.39 is 0 Å². The summed E-state index contributed by atoms with van der Waals surface area (Å²) in [6, 6.07) is 5.92. The standard InChI is InChI=1S/C17H24N4OS2/c1-10(2)9-18-16-20-21-17(24-16)23-13(5)15(22)19-14-8-6-7-11(3)12(14)4/h6-8,10,13H,9H2,1-5H3,(H,18,20)(H,19,22). The fourth-order valence-electron chi connectivity index (χ4n) is 1.95. The molecule has 1 heterocycles. The number of thioether (sulfide) groups is 1. The van der Waals surface area contributed by atoms with Crippen LogP contribution in [0.1, 0.15) is 31.9 Å². The van der Waals surface area contributed by atoms with Crippen LogP contribution in [0, 0.1) is 19.8 Å². The van der Waals surface area contributed by atoms with E-state index >= 15 is 0 Å². The van der Waals surface area contributed by atoms with Crippen molar-refractivity contribution in [3.05, 3.63) is 29.3 Å². The van der Waals surface area contributed by atoms with Crippen molar-refractivity contribution in [1.82, 2.24) is 10.2 Å². The van der Waals surface area contributed by atoms with E-state index in [4.69, 9.17) is 0 Å². The summed E-state index contributed by atoms with van der Waals surface area (Å²) < 4.78 is 0.796. The lowest BCUT2D eigenvalue weighted by molar-refractivity contribution is -0.115. The lowest BCUT2D eigenvalue weighted by atomic mass is 10.1. The Balaban J connectivity index is 1.93. The number of hydrogen-bond donors (Lipinski definition) is 2. The molecule has 0 saturated carbocycles. The minimum Gasteiger partial charge on any atom is -0.360 e. The summed E-state index contributed by atoms with van der Waals surface area (Å²) in [6.45, 7) is 11.1. The van der Waals surface area contributed by atoms with Gasteiger partial charge >= 0.3 is 0 Å². The molecule has 0 aliphatic heterocycles. The molecule has 1 unspecified atom stereocenters. The Morgan fingerprint density at radius 2 is 2.00 bits per heavy atom. The van der Waals surface area contributed by atoms with Gasteiger partial charge in [0.25, 0.3) is 0 Å². The number of aryl methyl sites for hydroxylation is 1. The Morgan fingerprint density at radius 3 is 2.71 bits per heavy atom. The number of nitrogens with one attached hydrogen (secondary N) is 2. The SMILES string of the molecule is Cc1cccc(NC(=O)C(C)Sc2nnc(NCC(C)C)s2)c1C. The largest absolute Gasteiger partial charge is 0.360 e. The van der Waals surface area contributed by atoms with Gasteiger partial charge in [0, 0.05) is 12.2 Å². The van der Waals surface area contributed by atoms with Gasteiger partial charge in [-0.1, -0.05) is 49.1 Å². The van der Waals surface area contributed by atoms with Crippen LogP contribution in [0.3, 0.4) is 0 Å². The Morgan fingerprint density at radius 1 is 1.25 bits per heavy atom. The average Bonchev–Trinajstić information content (AvgIpc) is 2.97. The topological polar surface area (TPSA) is 66.9 Å². The quantitative estimate of drug-likeness (QED) is 0.715. The number of anilines is 2. The highest BCUT2D eigenvalue weighted by Crippen LogP contribution is 2.30. The molecule has 0 radical (unpaired) electrons. The molecule has 2 aromatic rings. The summed E-state index contributed by atoms with van der Waals surface area (Å²) in [4.78, 5) is 12.4. The molecule has 0 saturated heterocycles. The van der Waals surface area contributed by atoms with Crippen LogP contribution in [0.25, 0.3) is 0 Å². The molecule has 0 aliphatic carbocycles. The molecule has 7 heteroatoms. The zero-order valence-corrected chi connectivity index (χ0v) is 16.3.